The van der Waals surface area contributed by atoms with Gasteiger partial charge in [0, 0.05) is 63.5 Å². The number of amides is 2. The van der Waals surface area contributed by atoms with Crippen LogP contribution in [0.2, 0.25) is 0 Å². The number of aliphatic hydroxyl groups is 1. The topological polar surface area (TPSA) is 59.1 Å². The van der Waals surface area contributed by atoms with E-state index in [-0.39, 0.29) is 43.5 Å². The summed E-state index contributed by atoms with van der Waals surface area (Å²) >= 11 is 0. The number of hydrogen-bond donors (Lipinski definition) is 2. The van der Waals surface area contributed by atoms with Crippen LogP contribution in [0.5, 0.6) is 0 Å². The van der Waals surface area contributed by atoms with Gasteiger partial charge in [0.25, 0.3) is 5.92 Å². The van der Waals surface area contributed by atoms with Gasteiger partial charge in [-0.1, -0.05) is 13.8 Å². The van der Waals surface area contributed by atoms with E-state index in [1.807, 2.05) is 21.9 Å². The minimum absolute atomic E-state index is 0.0616. The summed E-state index contributed by atoms with van der Waals surface area (Å²) in [7, 11) is 0. The van der Waals surface area contributed by atoms with Crippen molar-refractivity contribution < 1.29 is 18.7 Å². The Labute approximate surface area is 183 Å². The van der Waals surface area contributed by atoms with E-state index in [0.29, 0.717) is 32.1 Å². The van der Waals surface area contributed by atoms with Crippen LogP contribution in [0.4, 0.5) is 25.0 Å². The molecule has 0 saturated carbocycles. The third kappa shape index (κ3) is 4.73. The number of fused-ring (bicyclic) bond motifs is 4. The fraction of sp³-hybridized carbons (Fsp3) is 0.696. The molecule has 2 N–H and O–H groups in total. The molecule has 4 heterocycles. The molecule has 4 fully saturated rings. The predicted molar refractivity (Wildman–Crippen MR) is 118 cm³/mol. The molecule has 0 aliphatic carbocycles. The number of rotatable bonds is 4. The molecule has 1 aromatic carbocycles. The normalized spacial score (nSPS) is 27.2. The molecule has 2 amide bonds. The Balaban J connectivity index is 1.49. The molecule has 8 heteroatoms. The first-order valence-corrected chi connectivity index (χ1v) is 11.3. The minimum Gasteiger partial charge on any atom is -0.395 e. The fourth-order valence-corrected chi connectivity index (χ4v) is 5.51. The second-order valence-corrected chi connectivity index (χ2v) is 9.95. The van der Waals surface area contributed by atoms with Crippen molar-refractivity contribution in [1.82, 2.24) is 10.2 Å². The molecule has 0 spiro atoms. The Hall–Kier alpha value is -2.09. The van der Waals surface area contributed by atoms with Crippen molar-refractivity contribution in [3.8, 4) is 0 Å². The van der Waals surface area contributed by atoms with E-state index in [4.69, 9.17) is 5.11 Å². The van der Waals surface area contributed by atoms with Crippen LogP contribution >= 0.6 is 0 Å². The Bertz CT molecular complexity index is 776. The van der Waals surface area contributed by atoms with Gasteiger partial charge in [0.1, 0.15) is 0 Å². The number of benzene rings is 1. The molecule has 2 atom stereocenters. The zero-order valence-electron chi connectivity index (χ0n) is 18.5. The molecular formula is C23H34F2N4O2. The van der Waals surface area contributed by atoms with Crippen LogP contribution in [0.3, 0.4) is 0 Å². The molecule has 5 rings (SSSR count). The Morgan fingerprint density at radius 2 is 1.74 bits per heavy atom. The van der Waals surface area contributed by atoms with Crippen LogP contribution < -0.4 is 15.1 Å². The highest BCUT2D eigenvalue weighted by Crippen LogP contribution is 2.43. The highest BCUT2D eigenvalue weighted by Gasteiger charge is 2.46. The van der Waals surface area contributed by atoms with E-state index >= 15 is 0 Å². The van der Waals surface area contributed by atoms with E-state index in [1.54, 1.807) is 0 Å². The van der Waals surface area contributed by atoms with Crippen LogP contribution in [0.1, 0.15) is 33.1 Å². The van der Waals surface area contributed by atoms with Gasteiger partial charge in [0.15, 0.2) is 0 Å². The molecule has 4 aliphatic rings. The first-order valence-electron chi connectivity index (χ1n) is 11.3. The van der Waals surface area contributed by atoms with Crippen LogP contribution in [-0.2, 0) is 0 Å². The Kier molecular flexibility index (Phi) is 6.03. The number of carbonyl (C=O) groups is 1. The van der Waals surface area contributed by atoms with Crippen molar-refractivity contribution >= 4 is 17.4 Å². The number of nitrogens with zero attached hydrogens (tertiary/aromatic N) is 3. The molecule has 2 bridgehead atoms. The summed E-state index contributed by atoms with van der Waals surface area (Å²) < 4.78 is 27.0. The number of halogens is 2. The smallest absolute Gasteiger partial charge is 0.317 e. The van der Waals surface area contributed by atoms with Gasteiger partial charge in [-0.25, -0.2) is 13.6 Å². The quantitative estimate of drug-likeness (QED) is 0.761. The van der Waals surface area contributed by atoms with Crippen LogP contribution in [0, 0.1) is 11.3 Å². The average molecular weight is 437 g/mol. The third-order valence-electron chi connectivity index (χ3n) is 7.14. The van der Waals surface area contributed by atoms with Crippen LogP contribution in [0.15, 0.2) is 24.3 Å². The van der Waals surface area contributed by atoms with E-state index < -0.39 is 5.92 Å². The van der Waals surface area contributed by atoms with Crippen LogP contribution in [-0.4, -0.2) is 73.9 Å². The summed E-state index contributed by atoms with van der Waals surface area (Å²) in [5.74, 6) is -2.17. The number of aliphatic hydroxyl groups excluding tert-OH is 1. The second-order valence-electron chi connectivity index (χ2n) is 9.95. The molecule has 0 aromatic heterocycles. The number of nitrogens with one attached hydrogen (secondary N) is 1. The first-order chi connectivity index (χ1) is 14.7. The number of urea groups is 1. The largest absolute Gasteiger partial charge is 0.395 e. The molecule has 4 saturated heterocycles. The van der Waals surface area contributed by atoms with Crippen molar-refractivity contribution in [3.63, 3.8) is 0 Å². The first kappa shape index (κ1) is 22.1. The lowest BCUT2D eigenvalue weighted by atomic mass is 9.73. The van der Waals surface area contributed by atoms with E-state index in [2.05, 4.69) is 36.2 Å². The maximum atomic E-state index is 13.5. The van der Waals surface area contributed by atoms with Gasteiger partial charge >= 0.3 is 6.03 Å². The van der Waals surface area contributed by atoms with Gasteiger partial charge < -0.3 is 25.1 Å². The lowest BCUT2D eigenvalue weighted by Crippen LogP contribution is -2.54. The lowest BCUT2D eigenvalue weighted by molar-refractivity contribution is -0.0220. The molecule has 0 radical (unpaired) electrons. The molecule has 4 aliphatic heterocycles. The number of piperidine rings is 2. The summed E-state index contributed by atoms with van der Waals surface area (Å²) in [6.45, 7) is 7.76. The van der Waals surface area contributed by atoms with Crippen molar-refractivity contribution in [2.75, 3.05) is 55.7 Å². The number of anilines is 2. The SMILES string of the molecule is CC1(C)C[C@@H]2CN(C(=O)NCCO)C[C@H]1N(c1ccc(N3CCC(F)(F)CC3)cc1)C2. The maximum absolute atomic E-state index is 13.5. The van der Waals surface area contributed by atoms with Crippen molar-refractivity contribution in [2.24, 2.45) is 11.3 Å². The molecule has 0 unspecified atom stereocenters. The van der Waals surface area contributed by atoms with E-state index in [0.717, 1.165) is 24.3 Å². The van der Waals surface area contributed by atoms with Crippen molar-refractivity contribution in [3.05, 3.63) is 24.3 Å². The van der Waals surface area contributed by atoms with Gasteiger partial charge in [0.05, 0.1) is 12.6 Å². The summed E-state index contributed by atoms with van der Waals surface area (Å²) in [6.07, 6.45) is 0.887. The number of hydrogen-bond acceptors (Lipinski definition) is 4. The number of alkyl halides is 2. The summed E-state index contributed by atoms with van der Waals surface area (Å²) in [5.41, 5.74) is 2.17. The molecule has 1 aromatic rings. The lowest BCUT2D eigenvalue weighted by Gasteiger charge is -2.48. The van der Waals surface area contributed by atoms with Crippen molar-refractivity contribution in [1.29, 1.82) is 0 Å². The van der Waals surface area contributed by atoms with E-state index in [9.17, 15) is 13.6 Å². The Morgan fingerprint density at radius 1 is 1.10 bits per heavy atom. The number of carbonyl (C=O) groups excluding carboxylic acids is 1. The maximum Gasteiger partial charge on any atom is 0.317 e. The molecule has 6 nitrogen and oxygen atoms in total. The minimum atomic E-state index is -2.54. The van der Waals surface area contributed by atoms with Gasteiger partial charge in [-0.2, -0.15) is 0 Å². The van der Waals surface area contributed by atoms with Gasteiger partial charge in [0.2, 0.25) is 0 Å². The highest BCUT2D eigenvalue weighted by atomic mass is 19.3. The standard InChI is InChI=1S/C23H34F2N4O2/c1-22(2)13-17-14-28(21(31)26-9-12-30)16-20(22)29(15-17)19-5-3-18(4-6-19)27-10-7-23(24,25)8-11-27/h3-6,17,20,30H,7-16H2,1-2H3,(H,26,31)/t17-,20-/m1/s1. The zero-order chi connectivity index (χ0) is 22.2. The van der Waals surface area contributed by atoms with Gasteiger partial charge in [-0.05, 0) is 42.0 Å². The zero-order valence-corrected chi connectivity index (χ0v) is 18.5. The summed E-state index contributed by atoms with van der Waals surface area (Å²) in [4.78, 5) is 18.9. The molecule has 172 valence electrons. The average Bonchev–Trinajstić information content (AvgIpc) is 2.99. The summed E-state index contributed by atoms with van der Waals surface area (Å²) in [6, 6.07) is 8.34. The van der Waals surface area contributed by atoms with Gasteiger partial charge in [-0.15, -0.1) is 0 Å². The van der Waals surface area contributed by atoms with Crippen molar-refractivity contribution in [2.45, 2.75) is 45.1 Å². The third-order valence-corrected chi connectivity index (χ3v) is 7.14. The second kappa shape index (κ2) is 8.45. The fourth-order valence-electron chi connectivity index (χ4n) is 5.51. The van der Waals surface area contributed by atoms with Gasteiger partial charge in [-0.3, -0.25) is 0 Å². The molecule has 31 heavy (non-hydrogen) atoms. The predicted octanol–water partition coefficient (Wildman–Crippen LogP) is 3.16. The monoisotopic (exact) mass is 436 g/mol. The highest BCUT2D eigenvalue weighted by molar-refractivity contribution is 5.74. The Morgan fingerprint density at radius 3 is 2.39 bits per heavy atom. The van der Waals surface area contributed by atoms with Crippen LogP contribution in [0.25, 0.3) is 0 Å². The van der Waals surface area contributed by atoms with E-state index in [1.165, 1.54) is 0 Å². The molecular weight excluding hydrogens is 402 g/mol. The summed E-state index contributed by atoms with van der Waals surface area (Å²) in [5, 5.41) is 11.8.